The van der Waals surface area contributed by atoms with Crippen LogP contribution in [0.25, 0.3) is 0 Å². The van der Waals surface area contributed by atoms with Crippen LogP contribution in [-0.4, -0.2) is 55.3 Å². The molecule has 1 aliphatic heterocycles. The number of urea groups is 1. The largest absolute Gasteiger partial charge is 1.00 e. The van der Waals surface area contributed by atoms with Crippen LogP contribution in [0.1, 0.15) is 56.3 Å². The molecule has 0 unspecified atom stereocenters. The number of rotatable bonds is 6. The fraction of sp³-hybridized carbons (Fsp3) is 0.583. The van der Waals surface area contributed by atoms with Crippen LogP contribution >= 0.6 is 0 Å². The number of hydrogen-bond donors (Lipinski definition) is 2. The normalized spacial score (nSPS) is 18.0. The number of nitrogens with one attached hydrogen (secondary N) is 2. The van der Waals surface area contributed by atoms with E-state index in [1.54, 1.807) is 17.1 Å². The number of benzene rings is 1. The number of fused-ring (bicyclic) bond motifs is 2. The zero-order chi connectivity index (χ0) is 23.9. The first kappa shape index (κ1) is 26.5. The predicted octanol–water partition coefficient (Wildman–Crippen LogP) is -0.0360. The molecule has 1 aromatic heterocycles. The van der Waals surface area contributed by atoms with E-state index in [9.17, 15) is 13.2 Å². The number of aromatic nitrogens is 2. The molecule has 1 saturated heterocycles. The van der Waals surface area contributed by atoms with Crippen molar-refractivity contribution in [3.8, 4) is 0 Å². The molecule has 2 heterocycles. The molecule has 35 heavy (non-hydrogen) atoms. The number of likely N-dealkylation sites (tertiary alicyclic amines) is 1. The Bertz CT molecular complexity index is 1160. The minimum absolute atomic E-state index is 0. The summed E-state index contributed by atoms with van der Waals surface area (Å²) >= 11 is 0. The molecule has 2 aliphatic carbocycles. The molecule has 3 aliphatic rings. The summed E-state index contributed by atoms with van der Waals surface area (Å²) in [5.74, 6) is 0. The Kier molecular flexibility index (Phi) is 8.17. The molecule has 0 atom stereocenters. The van der Waals surface area contributed by atoms with Gasteiger partial charge < -0.3 is 11.6 Å². The van der Waals surface area contributed by atoms with Crippen LogP contribution in [-0.2, 0) is 42.4 Å². The minimum atomic E-state index is -4.14. The van der Waals surface area contributed by atoms with Gasteiger partial charge in [0.15, 0.2) is 0 Å². The predicted molar refractivity (Wildman–Crippen MR) is 134 cm³/mol. The number of anilines is 2. The van der Waals surface area contributed by atoms with E-state index in [2.05, 4.69) is 26.1 Å². The van der Waals surface area contributed by atoms with Gasteiger partial charge in [0.05, 0.1) is 11.9 Å². The van der Waals surface area contributed by atoms with Gasteiger partial charge in [-0.25, -0.2) is 13.8 Å². The van der Waals surface area contributed by atoms with Crippen molar-refractivity contribution in [1.29, 1.82) is 0 Å². The second-order valence-electron chi connectivity index (χ2n) is 9.68. The quantitative estimate of drug-likeness (QED) is 0.532. The summed E-state index contributed by atoms with van der Waals surface area (Å²) in [7, 11) is -2.10. The van der Waals surface area contributed by atoms with Gasteiger partial charge in [-0.05, 0) is 101 Å². The Hall–Kier alpha value is -1.59. The van der Waals surface area contributed by atoms with Crippen molar-refractivity contribution in [2.24, 2.45) is 0 Å². The monoisotopic (exact) mass is 510 g/mol. The second-order valence-corrected chi connectivity index (χ2v) is 11.2. The molecule has 0 radical (unpaired) electrons. The third-order valence-electron chi connectivity index (χ3n) is 7.41. The fourth-order valence-corrected chi connectivity index (χ4v) is 7.05. The van der Waals surface area contributed by atoms with Crippen molar-refractivity contribution in [3.63, 3.8) is 0 Å². The van der Waals surface area contributed by atoms with Gasteiger partial charge >= 0.3 is 45.8 Å². The number of nitrogens with zero attached hydrogens (tertiary/aromatic N) is 4. The van der Waals surface area contributed by atoms with E-state index < -0.39 is 16.2 Å². The third kappa shape index (κ3) is 5.41. The average Bonchev–Trinajstić information content (AvgIpc) is 3.55. The molecule has 2 aromatic rings. The summed E-state index contributed by atoms with van der Waals surface area (Å²) in [4.78, 5) is 15.3. The number of piperidine rings is 1. The zero-order valence-corrected chi connectivity index (χ0v) is 23.8. The van der Waals surface area contributed by atoms with Gasteiger partial charge in [0.2, 0.25) is 0 Å². The standard InChI is InChI=1S/C24H34N6O3S.Na.H/c1-3-29-16-20(15-25-29)30(19-10-12-28(2)13-11-19)34(32,33)27-24(31)26-23-21-8-4-6-17(21)14-18-7-5-9-22(18)23;;/h14-16,19H,3-13H2,1-2H3,(H2,26,27,31);;/q;+1;-1. The Morgan fingerprint density at radius 2 is 1.77 bits per heavy atom. The van der Waals surface area contributed by atoms with Crippen molar-refractivity contribution in [2.75, 3.05) is 29.8 Å². The van der Waals surface area contributed by atoms with E-state index >= 15 is 0 Å². The number of carbonyl (C=O) groups is 1. The van der Waals surface area contributed by atoms with E-state index in [1.165, 1.54) is 26.6 Å². The smallest absolute Gasteiger partial charge is 1.00 e. The fourth-order valence-electron chi connectivity index (χ4n) is 5.69. The van der Waals surface area contributed by atoms with Gasteiger partial charge in [0, 0.05) is 24.5 Å². The molecule has 2 amide bonds. The molecule has 1 aromatic carbocycles. The molecular weight excluding hydrogens is 475 g/mol. The number of amides is 2. The summed E-state index contributed by atoms with van der Waals surface area (Å²) in [6.45, 7) is 4.19. The Morgan fingerprint density at radius 3 is 2.34 bits per heavy atom. The third-order valence-corrected chi connectivity index (χ3v) is 8.88. The van der Waals surface area contributed by atoms with Gasteiger partial charge in [0.25, 0.3) is 0 Å². The number of carbonyl (C=O) groups excluding carboxylic acids is 1. The molecule has 5 rings (SSSR count). The van der Waals surface area contributed by atoms with Crippen molar-refractivity contribution in [3.05, 3.63) is 40.7 Å². The van der Waals surface area contributed by atoms with Crippen LogP contribution in [0.15, 0.2) is 18.5 Å². The number of aryl methyl sites for hydroxylation is 3. The Morgan fingerprint density at radius 1 is 1.14 bits per heavy atom. The first-order valence-corrected chi connectivity index (χ1v) is 13.8. The summed E-state index contributed by atoms with van der Waals surface area (Å²) in [6, 6.07) is 1.36. The van der Waals surface area contributed by atoms with Crippen LogP contribution in [0.4, 0.5) is 16.2 Å². The molecule has 9 nitrogen and oxygen atoms in total. The van der Waals surface area contributed by atoms with Gasteiger partial charge in [-0.1, -0.05) is 6.07 Å². The van der Waals surface area contributed by atoms with Crippen molar-refractivity contribution in [1.82, 2.24) is 19.4 Å². The molecule has 0 spiro atoms. The van der Waals surface area contributed by atoms with E-state index in [0.717, 1.165) is 57.3 Å². The summed E-state index contributed by atoms with van der Waals surface area (Å²) in [6.07, 6.45) is 10.7. The topological polar surface area (TPSA) is 99.6 Å². The first-order valence-electron chi connectivity index (χ1n) is 12.4. The van der Waals surface area contributed by atoms with E-state index in [0.29, 0.717) is 25.1 Å². The van der Waals surface area contributed by atoms with E-state index in [4.69, 9.17) is 0 Å². The average molecular weight is 511 g/mol. The Balaban J connectivity index is 0.00000180. The molecular formula is C24H35N6NaO3S. The van der Waals surface area contributed by atoms with Gasteiger partial charge in [-0.2, -0.15) is 13.5 Å². The summed E-state index contributed by atoms with van der Waals surface area (Å²) in [5, 5.41) is 7.22. The molecule has 11 heteroatoms. The number of hydrogen-bond acceptors (Lipinski definition) is 5. The van der Waals surface area contributed by atoms with Crippen molar-refractivity contribution < 1.29 is 44.2 Å². The minimum Gasteiger partial charge on any atom is -1.00 e. The Labute approximate surface area is 231 Å². The maximum atomic E-state index is 13.6. The van der Waals surface area contributed by atoms with Crippen LogP contribution in [0, 0.1) is 0 Å². The molecule has 186 valence electrons. The summed E-state index contributed by atoms with van der Waals surface area (Å²) in [5.41, 5.74) is 6.24. The molecule has 0 saturated carbocycles. The zero-order valence-electron chi connectivity index (χ0n) is 22.0. The molecule has 0 bridgehead atoms. The summed E-state index contributed by atoms with van der Waals surface area (Å²) < 4.78 is 32.5. The van der Waals surface area contributed by atoms with Crippen molar-refractivity contribution >= 4 is 27.6 Å². The van der Waals surface area contributed by atoms with Crippen molar-refractivity contribution in [2.45, 2.75) is 70.9 Å². The van der Waals surface area contributed by atoms with Gasteiger partial charge in [0.1, 0.15) is 0 Å². The van der Waals surface area contributed by atoms with Crippen LogP contribution in [0.2, 0.25) is 0 Å². The second kappa shape index (κ2) is 10.8. The first-order chi connectivity index (χ1) is 16.4. The van der Waals surface area contributed by atoms with E-state index in [1.807, 2.05) is 14.0 Å². The van der Waals surface area contributed by atoms with Crippen LogP contribution in [0.5, 0.6) is 0 Å². The van der Waals surface area contributed by atoms with Gasteiger partial charge in [-0.3, -0.25) is 4.68 Å². The maximum absolute atomic E-state index is 13.6. The maximum Gasteiger partial charge on any atom is 1.00 e. The van der Waals surface area contributed by atoms with Crippen LogP contribution in [0.3, 0.4) is 0 Å². The van der Waals surface area contributed by atoms with Gasteiger partial charge in [-0.15, -0.1) is 0 Å². The van der Waals surface area contributed by atoms with Crippen LogP contribution < -0.4 is 43.9 Å². The molecule has 1 fully saturated rings. The SMILES string of the molecule is CCn1cc(N(C2CCN(C)CC2)S(=O)(=O)NC(=O)Nc2c3c(cc4c2CCC4)CCC3)cn1.[H-].[Na+]. The van der Waals surface area contributed by atoms with E-state index in [-0.39, 0.29) is 37.0 Å². The molecule has 2 N–H and O–H groups in total.